The van der Waals surface area contributed by atoms with Crippen molar-refractivity contribution in [1.82, 2.24) is 10.2 Å². The number of amides is 2. The second-order valence-electron chi connectivity index (χ2n) is 5.26. The van der Waals surface area contributed by atoms with Crippen LogP contribution in [0.15, 0.2) is 24.3 Å². The number of hydrogen-bond donors (Lipinski definition) is 1. The van der Waals surface area contributed by atoms with Gasteiger partial charge in [-0.2, -0.15) is 0 Å². The van der Waals surface area contributed by atoms with Crippen molar-refractivity contribution in [3.63, 3.8) is 0 Å². The largest absolute Gasteiger partial charge is 0.486 e. The molecule has 0 radical (unpaired) electrons. The van der Waals surface area contributed by atoms with Crippen LogP contribution < -0.4 is 14.8 Å². The minimum Gasteiger partial charge on any atom is -0.486 e. The Bertz CT molecular complexity index is 488. The van der Waals surface area contributed by atoms with E-state index in [4.69, 9.17) is 9.47 Å². The highest BCUT2D eigenvalue weighted by atomic mass is 16.6. The van der Waals surface area contributed by atoms with Gasteiger partial charge in [0.2, 0.25) is 0 Å². The summed E-state index contributed by atoms with van der Waals surface area (Å²) in [6.45, 7) is 3.66. The summed E-state index contributed by atoms with van der Waals surface area (Å²) in [6.07, 6.45) is 2.08. The number of rotatable bonds is 4. The average molecular weight is 276 g/mol. The molecule has 1 saturated carbocycles. The highest BCUT2D eigenvalue weighted by Gasteiger charge is 2.28. The number of nitrogens with zero attached hydrogens (tertiary/aromatic N) is 1. The van der Waals surface area contributed by atoms with Gasteiger partial charge in [-0.25, -0.2) is 4.79 Å². The molecule has 0 saturated heterocycles. The van der Waals surface area contributed by atoms with Crippen molar-refractivity contribution in [2.75, 3.05) is 19.7 Å². The van der Waals surface area contributed by atoms with Crippen LogP contribution in [-0.2, 0) is 0 Å². The minimum absolute atomic E-state index is 0.00235. The van der Waals surface area contributed by atoms with Crippen LogP contribution >= 0.6 is 0 Å². The first-order valence-electron chi connectivity index (χ1n) is 7.20. The zero-order valence-electron chi connectivity index (χ0n) is 11.7. The van der Waals surface area contributed by atoms with Gasteiger partial charge in [-0.05, 0) is 31.9 Å². The lowest BCUT2D eigenvalue weighted by Gasteiger charge is -2.30. The smallest absolute Gasteiger partial charge is 0.317 e. The van der Waals surface area contributed by atoms with Gasteiger partial charge in [-0.1, -0.05) is 12.1 Å². The molecule has 0 spiro atoms. The fourth-order valence-corrected chi connectivity index (χ4v) is 2.25. The van der Waals surface area contributed by atoms with Gasteiger partial charge in [0.25, 0.3) is 0 Å². The number of nitrogens with one attached hydrogen (secondary N) is 1. The second kappa shape index (κ2) is 5.61. The van der Waals surface area contributed by atoms with Crippen LogP contribution in [0.2, 0.25) is 0 Å². The van der Waals surface area contributed by atoms with Gasteiger partial charge in [0.05, 0.1) is 6.54 Å². The summed E-state index contributed by atoms with van der Waals surface area (Å²) >= 11 is 0. The van der Waals surface area contributed by atoms with E-state index >= 15 is 0 Å². The zero-order valence-corrected chi connectivity index (χ0v) is 11.7. The molecule has 1 heterocycles. The molecule has 5 nitrogen and oxygen atoms in total. The summed E-state index contributed by atoms with van der Waals surface area (Å²) in [7, 11) is 0. The quantitative estimate of drug-likeness (QED) is 0.915. The van der Waals surface area contributed by atoms with Crippen LogP contribution in [0.25, 0.3) is 0 Å². The Morgan fingerprint density at radius 1 is 1.35 bits per heavy atom. The Labute approximate surface area is 118 Å². The molecule has 0 aromatic heterocycles. The van der Waals surface area contributed by atoms with Crippen molar-refractivity contribution in [3.05, 3.63) is 24.3 Å². The van der Waals surface area contributed by atoms with E-state index in [1.54, 1.807) is 4.90 Å². The van der Waals surface area contributed by atoms with E-state index in [-0.39, 0.29) is 12.1 Å². The van der Waals surface area contributed by atoms with Crippen LogP contribution in [-0.4, -0.2) is 42.8 Å². The maximum atomic E-state index is 12.1. The zero-order chi connectivity index (χ0) is 13.9. The molecule has 2 aliphatic rings. The first kappa shape index (κ1) is 13.1. The van der Waals surface area contributed by atoms with Crippen LogP contribution in [0.3, 0.4) is 0 Å². The van der Waals surface area contributed by atoms with Gasteiger partial charge in [0.1, 0.15) is 6.61 Å². The van der Waals surface area contributed by atoms with E-state index in [0.29, 0.717) is 25.7 Å². The van der Waals surface area contributed by atoms with E-state index in [9.17, 15) is 4.79 Å². The molecule has 1 aromatic rings. The van der Waals surface area contributed by atoms with Crippen LogP contribution in [0, 0.1) is 0 Å². The molecule has 1 N–H and O–H groups in total. The lowest BCUT2D eigenvalue weighted by molar-refractivity contribution is 0.0675. The molecule has 3 rings (SSSR count). The third kappa shape index (κ3) is 2.98. The first-order chi connectivity index (χ1) is 9.76. The van der Waals surface area contributed by atoms with Crippen molar-refractivity contribution in [2.24, 2.45) is 0 Å². The summed E-state index contributed by atoms with van der Waals surface area (Å²) in [5.41, 5.74) is 0. The predicted molar refractivity (Wildman–Crippen MR) is 75.2 cm³/mol. The highest BCUT2D eigenvalue weighted by molar-refractivity contribution is 5.74. The fourth-order valence-electron chi connectivity index (χ4n) is 2.25. The SMILES string of the molecule is CCN(C[C@@H]1COc2ccccc2O1)C(=O)NC1CC1. The molecular weight excluding hydrogens is 256 g/mol. The van der Waals surface area contributed by atoms with Crippen LogP contribution in [0.4, 0.5) is 4.79 Å². The number of fused-ring (bicyclic) bond motifs is 1. The van der Waals surface area contributed by atoms with Gasteiger partial charge < -0.3 is 19.7 Å². The normalized spacial score (nSPS) is 20.4. The fraction of sp³-hybridized carbons (Fsp3) is 0.533. The molecule has 1 atom stereocenters. The maximum absolute atomic E-state index is 12.1. The number of carbonyl (C=O) groups is 1. The summed E-state index contributed by atoms with van der Waals surface area (Å²) in [5, 5.41) is 3.00. The molecule has 1 aliphatic carbocycles. The molecule has 2 amide bonds. The molecule has 20 heavy (non-hydrogen) atoms. The maximum Gasteiger partial charge on any atom is 0.317 e. The molecule has 108 valence electrons. The number of carbonyl (C=O) groups excluding carboxylic acids is 1. The van der Waals surface area contributed by atoms with Gasteiger partial charge >= 0.3 is 6.03 Å². The van der Waals surface area contributed by atoms with Crippen molar-refractivity contribution in [2.45, 2.75) is 31.9 Å². The number of benzene rings is 1. The van der Waals surface area contributed by atoms with Gasteiger partial charge in [-0.15, -0.1) is 0 Å². The van der Waals surface area contributed by atoms with E-state index in [0.717, 1.165) is 24.3 Å². The Balaban J connectivity index is 1.58. The number of para-hydroxylation sites is 2. The molecule has 5 heteroatoms. The number of ether oxygens (including phenoxy) is 2. The van der Waals surface area contributed by atoms with Crippen molar-refractivity contribution < 1.29 is 14.3 Å². The number of likely N-dealkylation sites (N-methyl/N-ethyl adjacent to an activating group) is 1. The van der Waals surface area contributed by atoms with Gasteiger partial charge in [0, 0.05) is 12.6 Å². The molecular formula is C15H20N2O3. The Kier molecular flexibility index (Phi) is 3.67. The van der Waals surface area contributed by atoms with Crippen LogP contribution in [0.1, 0.15) is 19.8 Å². The molecule has 1 aromatic carbocycles. The molecule has 1 fully saturated rings. The van der Waals surface area contributed by atoms with Crippen molar-refractivity contribution in [3.8, 4) is 11.5 Å². The lowest BCUT2D eigenvalue weighted by Crippen LogP contribution is -2.47. The summed E-state index contributed by atoms with van der Waals surface area (Å²) in [5.74, 6) is 1.52. The van der Waals surface area contributed by atoms with E-state index in [1.807, 2.05) is 31.2 Å². The third-order valence-electron chi connectivity index (χ3n) is 3.57. The Hall–Kier alpha value is -1.91. The topological polar surface area (TPSA) is 50.8 Å². The standard InChI is InChI=1S/C15H20N2O3/c1-2-17(15(18)16-11-7-8-11)9-12-10-19-13-5-3-4-6-14(13)20-12/h3-6,11-12H,2,7-10H2,1H3,(H,16,18)/t12-/m1/s1. The summed E-state index contributed by atoms with van der Waals surface area (Å²) < 4.78 is 11.6. The van der Waals surface area contributed by atoms with Gasteiger partial charge in [-0.3, -0.25) is 0 Å². The lowest BCUT2D eigenvalue weighted by atomic mass is 10.2. The Morgan fingerprint density at radius 2 is 2.10 bits per heavy atom. The highest BCUT2D eigenvalue weighted by Crippen LogP contribution is 2.31. The number of urea groups is 1. The minimum atomic E-state index is -0.116. The second-order valence-corrected chi connectivity index (χ2v) is 5.26. The summed E-state index contributed by atoms with van der Waals surface area (Å²) in [6, 6.07) is 8.00. The van der Waals surface area contributed by atoms with E-state index < -0.39 is 0 Å². The van der Waals surface area contributed by atoms with E-state index in [2.05, 4.69) is 5.32 Å². The van der Waals surface area contributed by atoms with Gasteiger partial charge in [0.15, 0.2) is 17.6 Å². The first-order valence-corrected chi connectivity index (χ1v) is 7.20. The molecule has 1 aliphatic heterocycles. The van der Waals surface area contributed by atoms with E-state index in [1.165, 1.54) is 0 Å². The molecule has 0 unspecified atom stereocenters. The van der Waals surface area contributed by atoms with Crippen molar-refractivity contribution in [1.29, 1.82) is 0 Å². The average Bonchev–Trinajstić information content (AvgIpc) is 3.28. The van der Waals surface area contributed by atoms with Crippen molar-refractivity contribution >= 4 is 6.03 Å². The Morgan fingerprint density at radius 3 is 2.80 bits per heavy atom. The molecule has 0 bridgehead atoms. The third-order valence-corrected chi connectivity index (χ3v) is 3.57. The number of hydrogen-bond acceptors (Lipinski definition) is 3. The van der Waals surface area contributed by atoms with Crippen LogP contribution in [0.5, 0.6) is 11.5 Å². The monoisotopic (exact) mass is 276 g/mol. The predicted octanol–water partition coefficient (Wildman–Crippen LogP) is 2.02. The summed E-state index contributed by atoms with van der Waals surface area (Å²) in [4.78, 5) is 13.8.